The lowest BCUT2D eigenvalue weighted by molar-refractivity contribution is -0.126. The van der Waals surface area contributed by atoms with Gasteiger partial charge in [-0.3, -0.25) is 9.59 Å². The monoisotopic (exact) mass is 297 g/mol. The van der Waals surface area contributed by atoms with Crippen molar-refractivity contribution in [1.29, 1.82) is 0 Å². The fourth-order valence-corrected chi connectivity index (χ4v) is 1.85. The zero-order chi connectivity index (χ0) is 15.3. The number of carbonyl (C=O) groups is 2. The van der Waals surface area contributed by atoms with Gasteiger partial charge >= 0.3 is 0 Å². The fourth-order valence-electron chi connectivity index (χ4n) is 1.66. The van der Waals surface area contributed by atoms with Crippen LogP contribution in [0.2, 0.25) is 5.02 Å². The summed E-state index contributed by atoms with van der Waals surface area (Å²) < 4.78 is 0. The standard InChI is InChI=1S/C14H20ClN3O2/c1-14(2,3)18-12(19)8-11(13(16)20)17-10-6-4-5-9(15)7-10/h4-7,11,17H,8H2,1-3H3,(H2,16,20)(H,18,19). The Morgan fingerprint density at radius 1 is 1.35 bits per heavy atom. The number of nitrogens with two attached hydrogens (primary N) is 1. The van der Waals surface area contributed by atoms with Gasteiger partial charge < -0.3 is 16.4 Å². The van der Waals surface area contributed by atoms with Crippen LogP contribution in [0.15, 0.2) is 24.3 Å². The number of carbonyl (C=O) groups excluding carboxylic acids is 2. The second kappa shape index (κ2) is 6.61. The minimum absolute atomic E-state index is 0.0287. The summed E-state index contributed by atoms with van der Waals surface area (Å²) in [6, 6.07) is 6.11. The summed E-state index contributed by atoms with van der Waals surface area (Å²) in [5.41, 5.74) is 5.61. The highest BCUT2D eigenvalue weighted by Crippen LogP contribution is 2.16. The molecular formula is C14H20ClN3O2. The first kappa shape index (κ1) is 16.3. The summed E-state index contributed by atoms with van der Waals surface area (Å²) >= 11 is 5.87. The van der Waals surface area contributed by atoms with Crippen LogP contribution in [0, 0.1) is 0 Å². The highest BCUT2D eigenvalue weighted by atomic mass is 35.5. The molecule has 0 heterocycles. The second-order valence-corrected chi connectivity index (χ2v) is 6.05. The summed E-state index contributed by atoms with van der Waals surface area (Å²) in [6.07, 6.45) is -0.0287. The average Bonchev–Trinajstić information content (AvgIpc) is 2.25. The van der Waals surface area contributed by atoms with E-state index in [1.165, 1.54) is 0 Å². The number of benzene rings is 1. The van der Waals surface area contributed by atoms with Crippen molar-refractivity contribution in [3.8, 4) is 0 Å². The minimum atomic E-state index is -0.782. The number of primary amides is 1. The molecule has 0 fully saturated rings. The topological polar surface area (TPSA) is 84.2 Å². The Kier molecular flexibility index (Phi) is 5.39. The number of hydrogen-bond donors (Lipinski definition) is 3. The molecule has 4 N–H and O–H groups in total. The number of hydrogen-bond acceptors (Lipinski definition) is 3. The Labute approximate surface area is 123 Å². The predicted octanol–water partition coefficient (Wildman–Crippen LogP) is 1.91. The van der Waals surface area contributed by atoms with Gasteiger partial charge in [0.25, 0.3) is 0 Å². The number of halogens is 1. The molecule has 0 radical (unpaired) electrons. The normalized spacial score (nSPS) is 12.6. The van der Waals surface area contributed by atoms with Gasteiger partial charge in [-0.05, 0) is 39.0 Å². The van der Waals surface area contributed by atoms with Crippen molar-refractivity contribution in [2.75, 3.05) is 5.32 Å². The molecule has 1 aromatic rings. The van der Waals surface area contributed by atoms with Gasteiger partial charge in [0, 0.05) is 16.2 Å². The largest absolute Gasteiger partial charge is 0.373 e. The van der Waals surface area contributed by atoms with Crippen LogP contribution in [0.1, 0.15) is 27.2 Å². The van der Waals surface area contributed by atoms with Crippen LogP contribution >= 0.6 is 11.6 Å². The highest BCUT2D eigenvalue weighted by molar-refractivity contribution is 6.30. The van der Waals surface area contributed by atoms with Gasteiger partial charge in [0.15, 0.2) is 0 Å². The number of amides is 2. The van der Waals surface area contributed by atoms with Gasteiger partial charge in [0.2, 0.25) is 11.8 Å². The van der Waals surface area contributed by atoms with Crippen molar-refractivity contribution in [2.24, 2.45) is 5.73 Å². The molecule has 5 nitrogen and oxygen atoms in total. The summed E-state index contributed by atoms with van der Waals surface area (Å²) in [6.45, 7) is 5.61. The maximum Gasteiger partial charge on any atom is 0.240 e. The van der Waals surface area contributed by atoms with Gasteiger partial charge in [-0.1, -0.05) is 17.7 Å². The highest BCUT2D eigenvalue weighted by Gasteiger charge is 2.22. The molecule has 1 aromatic carbocycles. The molecule has 0 aliphatic heterocycles. The van der Waals surface area contributed by atoms with Crippen molar-refractivity contribution < 1.29 is 9.59 Å². The summed E-state index contributed by atoms with van der Waals surface area (Å²) in [5, 5.41) is 6.24. The summed E-state index contributed by atoms with van der Waals surface area (Å²) in [5.74, 6) is -0.829. The molecule has 1 unspecified atom stereocenters. The zero-order valence-corrected chi connectivity index (χ0v) is 12.6. The smallest absolute Gasteiger partial charge is 0.240 e. The van der Waals surface area contributed by atoms with E-state index in [0.29, 0.717) is 10.7 Å². The summed E-state index contributed by atoms with van der Waals surface area (Å²) in [7, 11) is 0. The molecule has 0 spiro atoms. The van der Waals surface area contributed by atoms with Crippen molar-refractivity contribution in [2.45, 2.75) is 38.8 Å². The Bertz CT molecular complexity index is 497. The first-order valence-corrected chi connectivity index (χ1v) is 6.67. The minimum Gasteiger partial charge on any atom is -0.373 e. The van der Waals surface area contributed by atoms with Crippen LogP contribution in [0.3, 0.4) is 0 Å². The van der Waals surface area contributed by atoms with Gasteiger partial charge in [0.05, 0.1) is 6.42 Å². The Hall–Kier alpha value is -1.75. The SMILES string of the molecule is CC(C)(C)NC(=O)CC(Nc1cccc(Cl)c1)C(N)=O. The van der Waals surface area contributed by atoms with Crippen LogP contribution in [0.5, 0.6) is 0 Å². The van der Waals surface area contributed by atoms with E-state index in [1.54, 1.807) is 24.3 Å². The van der Waals surface area contributed by atoms with E-state index in [2.05, 4.69) is 10.6 Å². The maximum absolute atomic E-state index is 11.8. The van der Waals surface area contributed by atoms with E-state index in [4.69, 9.17) is 17.3 Å². The Morgan fingerprint density at radius 3 is 2.50 bits per heavy atom. The molecule has 1 atom stereocenters. The molecule has 2 amide bonds. The second-order valence-electron chi connectivity index (χ2n) is 5.61. The lowest BCUT2D eigenvalue weighted by Gasteiger charge is -2.23. The van der Waals surface area contributed by atoms with E-state index < -0.39 is 11.9 Å². The number of anilines is 1. The van der Waals surface area contributed by atoms with Crippen LogP contribution in [-0.2, 0) is 9.59 Å². The molecule has 0 saturated carbocycles. The van der Waals surface area contributed by atoms with Crippen LogP contribution in [0.4, 0.5) is 5.69 Å². The van der Waals surface area contributed by atoms with Crippen molar-refractivity contribution >= 4 is 29.1 Å². The third-order valence-electron chi connectivity index (χ3n) is 2.41. The zero-order valence-electron chi connectivity index (χ0n) is 11.9. The first-order chi connectivity index (χ1) is 9.17. The third-order valence-corrected chi connectivity index (χ3v) is 2.65. The Balaban J connectivity index is 2.71. The van der Waals surface area contributed by atoms with E-state index in [1.807, 2.05) is 20.8 Å². The number of rotatable bonds is 5. The van der Waals surface area contributed by atoms with E-state index in [-0.39, 0.29) is 17.9 Å². The quantitative estimate of drug-likeness (QED) is 0.776. The lowest BCUT2D eigenvalue weighted by atomic mass is 10.1. The maximum atomic E-state index is 11.8. The van der Waals surface area contributed by atoms with Crippen molar-refractivity contribution in [3.63, 3.8) is 0 Å². The Morgan fingerprint density at radius 2 is 2.00 bits per heavy atom. The van der Waals surface area contributed by atoms with Gasteiger partial charge in [-0.15, -0.1) is 0 Å². The van der Waals surface area contributed by atoms with E-state index in [0.717, 1.165) is 0 Å². The van der Waals surface area contributed by atoms with Crippen LogP contribution in [-0.4, -0.2) is 23.4 Å². The molecule has 6 heteroatoms. The first-order valence-electron chi connectivity index (χ1n) is 6.30. The van der Waals surface area contributed by atoms with E-state index >= 15 is 0 Å². The van der Waals surface area contributed by atoms with Gasteiger partial charge in [-0.25, -0.2) is 0 Å². The van der Waals surface area contributed by atoms with Crippen LogP contribution < -0.4 is 16.4 Å². The van der Waals surface area contributed by atoms with Crippen LogP contribution in [0.25, 0.3) is 0 Å². The van der Waals surface area contributed by atoms with E-state index in [9.17, 15) is 9.59 Å². The molecule has 0 aliphatic carbocycles. The molecular weight excluding hydrogens is 278 g/mol. The molecule has 0 aliphatic rings. The van der Waals surface area contributed by atoms with Crippen molar-refractivity contribution in [1.82, 2.24) is 5.32 Å². The van der Waals surface area contributed by atoms with Gasteiger partial charge in [0.1, 0.15) is 6.04 Å². The molecule has 110 valence electrons. The molecule has 1 rings (SSSR count). The van der Waals surface area contributed by atoms with Crippen molar-refractivity contribution in [3.05, 3.63) is 29.3 Å². The predicted molar refractivity (Wildman–Crippen MR) is 80.6 cm³/mol. The molecule has 20 heavy (non-hydrogen) atoms. The molecule has 0 saturated heterocycles. The molecule has 0 bridgehead atoms. The average molecular weight is 298 g/mol. The molecule has 0 aromatic heterocycles. The summed E-state index contributed by atoms with van der Waals surface area (Å²) in [4.78, 5) is 23.3. The third kappa shape index (κ3) is 5.93. The fraction of sp³-hybridized carbons (Fsp3) is 0.429. The van der Waals surface area contributed by atoms with Gasteiger partial charge in [-0.2, -0.15) is 0 Å². The lowest BCUT2D eigenvalue weighted by Crippen LogP contribution is -2.45. The number of nitrogens with one attached hydrogen (secondary N) is 2.